The highest BCUT2D eigenvalue weighted by molar-refractivity contribution is 5.49. The molecular weight excluding hydrogens is 236 g/mol. The highest BCUT2D eigenvalue weighted by Gasteiger charge is 2.09. The van der Waals surface area contributed by atoms with E-state index in [2.05, 4.69) is 44.0 Å². The van der Waals surface area contributed by atoms with Crippen molar-refractivity contribution in [3.63, 3.8) is 0 Å². The van der Waals surface area contributed by atoms with Crippen LogP contribution in [0.15, 0.2) is 30.7 Å². The second-order valence-corrected chi connectivity index (χ2v) is 5.15. The van der Waals surface area contributed by atoms with E-state index in [1.54, 1.807) is 0 Å². The van der Waals surface area contributed by atoms with Gasteiger partial charge in [-0.3, -0.25) is 0 Å². The molecule has 2 aromatic rings. The SMILES string of the molecule is CCCOc1cc(C(C)C)ccc1-n1cnc(C)c1. The zero-order valence-electron chi connectivity index (χ0n) is 12.2. The molecule has 19 heavy (non-hydrogen) atoms. The third-order valence-corrected chi connectivity index (χ3v) is 3.10. The smallest absolute Gasteiger partial charge is 0.143 e. The Bertz CT molecular complexity index is 543. The molecule has 0 aliphatic carbocycles. The third-order valence-electron chi connectivity index (χ3n) is 3.10. The minimum absolute atomic E-state index is 0.502. The Morgan fingerprint density at radius 2 is 2.11 bits per heavy atom. The predicted molar refractivity (Wildman–Crippen MR) is 78.2 cm³/mol. The number of imidazole rings is 1. The van der Waals surface area contributed by atoms with Crippen LogP contribution in [-0.2, 0) is 0 Å². The molecule has 0 atom stereocenters. The molecule has 3 heteroatoms. The third kappa shape index (κ3) is 3.16. The van der Waals surface area contributed by atoms with Gasteiger partial charge in [0.15, 0.2) is 0 Å². The molecule has 0 bridgehead atoms. The Hall–Kier alpha value is -1.77. The second kappa shape index (κ2) is 5.91. The summed E-state index contributed by atoms with van der Waals surface area (Å²) in [6.45, 7) is 9.24. The zero-order valence-corrected chi connectivity index (χ0v) is 12.2. The van der Waals surface area contributed by atoms with Gasteiger partial charge >= 0.3 is 0 Å². The molecule has 0 unspecified atom stereocenters. The number of benzene rings is 1. The summed E-state index contributed by atoms with van der Waals surface area (Å²) in [6, 6.07) is 6.42. The average Bonchev–Trinajstić information content (AvgIpc) is 2.82. The molecule has 0 spiro atoms. The van der Waals surface area contributed by atoms with Crippen LogP contribution in [-0.4, -0.2) is 16.2 Å². The van der Waals surface area contributed by atoms with Crippen LogP contribution in [0.3, 0.4) is 0 Å². The molecular formula is C16H22N2O. The van der Waals surface area contributed by atoms with Crippen molar-refractivity contribution in [3.8, 4) is 11.4 Å². The van der Waals surface area contributed by atoms with E-state index in [0.29, 0.717) is 5.92 Å². The van der Waals surface area contributed by atoms with Crippen LogP contribution >= 0.6 is 0 Å². The summed E-state index contributed by atoms with van der Waals surface area (Å²) in [6.07, 6.45) is 4.86. The molecule has 3 nitrogen and oxygen atoms in total. The fourth-order valence-corrected chi connectivity index (χ4v) is 1.98. The Morgan fingerprint density at radius 1 is 1.32 bits per heavy atom. The van der Waals surface area contributed by atoms with Crippen molar-refractivity contribution in [1.82, 2.24) is 9.55 Å². The number of aromatic nitrogens is 2. The summed E-state index contributed by atoms with van der Waals surface area (Å²) in [4.78, 5) is 4.28. The lowest BCUT2D eigenvalue weighted by molar-refractivity contribution is 0.316. The van der Waals surface area contributed by atoms with Crippen molar-refractivity contribution in [2.24, 2.45) is 0 Å². The first-order chi connectivity index (χ1) is 9.11. The van der Waals surface area contributed by atoms with Crippen molar-refractivity contribution >= 4 is 0 Å². The average molecular weight is 258 g/mol. The molecule has 0 N–H and O–H groups in total. The van der Waals surface area contributed by atoms with E-state index in [1.165, 1.54) is 5.56 Å². The molecule has 0 saturated carbocycles. The lowest BCUT2D eigenvalue weighted by atomic mass is 10.0. The van der Waals surface area contributed by atoms with E-state index >= 15 is 0 Å². The first kappa shape index (κ1) is 13.7. The van der Waals surface area contributed by atoms with Gasteiger partial charge in [-0.1, -0.05) is 26.8 Å². The minimum atomic E-state index is 0.502. The van der Waals surface area contributed by atoms with Crippen molar-refractivity contribution in [3.05, 3.63) is 42.0 Å². The molecule has 102 valence electrons. The normalized spacial score (nSPS) is 11.0. The largest absolute Gasteiger partial charge is 0.491 e. The van der Waals surface area contributed by atoms with Crippen LogP contribution in [0.4, 0.5) is 0 Å². The van der Waals surface area contributed by atoms with Crippen LogP contribution in [0.5, 0.6) is 5.75 Å². The van der Waals surface area contributed by atoms with E-state index in [0.717, 1.165) is 30.2 Å². The number of hydrogen-bond donors (Lipinski definition) is 0. The van der Waals surface area contributed by atoms with Crippen LogP contribution < -0.4 is 4.74 Å². The maximum Gasteiger partial charge on any atom is 0.143 e. The van der Waals surface area contributed by atoms with Crippen LogP contribution in [0, 0.1) is 6.92 Å². The van der Waals surface area contributed by atoms with Gasteiger partial charge in [0, 0.05) is 6.20 Å². The van der Waals surface area contributed by atoms with Crippen molar-refractivity contribution < 1.29 is 4.74 Å². The van der Waals surface area contributed by atoms with Crippen molar-refractivity contribution in [1.29, 1.82) is 0 Å². The number of nitrogens with zero attached hydrogens (tertiary/aromatic N) is 2. The Balaban J connectivity index is 2.41. The van der Waals surface area contributed by atoms with E-state index < -0.39 is 0 Å². The van der Waals surface area contributed by atoms with Gasteiger partial charge in [-0.2, -0.15) is 0 Å². The lowest BCUT2D eigenvalue weighted by Gasteiger charge is -2.14. The molecule has 1 heterocycles. The number of ether oxygens (including phenoxy) is 1. The summed E-state index contributed by atoms with van der Waals surface area (Å²) in [5, 5.41) is 0. The lowest BCUT2D eigenvalue weighted by Crippen LogP contribution is -2.02. The van der Waals surface area contributed by atoms with Crippen molar-refractivity contribution in [2.75, 3.05) is 6.61 Å². The topological polar surface area (TPSA) is 27.1 Å². The van der Waals surface area contributed by atoms with Gasteiger partial charge in [0.2, 0.25) is 0 Å². The summed E-state index contributed by atoms with van der Waals surface area (Å²) < 4.78 is 7.91. The monoisotopic (exact) mass is 258 g/mol. The van der Waals surface area contributed by atoms with E-state index in [9.17, 15) is 0 Å². The van der Waals surface area contributed by atoms with Crippen LogP contribution in [0.1, 0.15) is 44.4 Å². The first-order valence-electron chi connectivity index (χ1n) is 6.89. The molecule has 1 aromatic carbocycles. The summed E-state index contributed by atoms with van der Waals surface area (Å²) in [5.41, 5.74) is 3.36. The maximum absolute atomic E-state index is 5.89. The van der Waals surface area contributed by atoms with Gasteiger partial charge in [0.05, 0.1) is 24.3 Å². The number of rotatable bonds is 5. The molecule has 0 fully saturated rings. The molecule has 2 rings (SSSR count). The second-order valence-electron chi connectivity index (χ2n) is 5.15. The minimum Gasteiger partial charge on any atom is -0.491 e. The number of aryl methyl sites for hydroxylation is 1. The highest BCUT2D eigenvalue weighted by atomic mass is 16.5. The van der Waals surface area contributed by atoms with E-state index in [-0.39, 0.29) is 0 Å². The van der Waals surface area contributed by atoms with Gasteiger partial charge in [-0.05, 0) is 37.0 Å². The molecule has 0 aliphatic heterocycles. The van der Waals surface area contributed by atoms with Gasteiger partial charge in [0.1, 0.15) is 5.75 Å². The quantitative estimate of drug-likeness (QED) is 0.807. The molecule has 0 saturated heterocycles. The Labute approximate surface area is 115 Å². The van der Waals surface area contributed by atoms with Gasteiger partial charge in [0.25, 0.3) is 0 Å². The van der Waals surface area contributed by atoms with Gasteiger partial charge in [-0.15, -0.1) is 0 Å². The summed E-state index contributed by atoms with van der Waals surface area (Å²) >= 11 is 0. The molecule has 0 amide bonds. The van der Waals surface area contributed by atoms with E-state index in [1.807, 2.05) is 24.0 Å². The summed E-state index contributed by atoms with van der Waals surface area (Å²) in [5.74, 6) is 1.44. The standard InChI is InChI=1S/C16H22N2O/c1-5-8-19-16-9-14(12(2)3)6-7-15(16)18-10-13(4)17-11-18/h6-7,9-12H,5,8H2,1-4H3. The molecule has 0 radical (unpaired) electrons. The highest BCUT2D eigenvalue weighted by Crippen LogP contribution is 2.28. The maximum atomic E-state index is 5.89. The molecule has 0 aliphatic rings. The zero-order chi connectivity index (χ0) is 13.8. The summed E-state index contributed by atoms with van der Waals surface area (Å²) in [7, 11) is 0. The Kier molecular flexibility index (Phi) is 4.25. The Morgan fingerprint density at radius 3 is 2.68 bits per heavy atom. The fourth-order valence-electron chi connectivity index (χ4n) is 1.98. The number of hydrogen-bond acceptors (Lipinski definition) is 2. The van der Waals surface area contributed by atoms with Crippen LogP contribution in [0.25, 0.3) is 5.69 Å². The van der Waals surface area contributed by atoms with Gasteiger partial charge < -0.3 is 9.30 Å². The van der Waals surface area contributed by atoms with Crippen molar-refractivity contribution in [2.45, 2.75) is 40.0 Å². The van der Waals surface area contributed by atoms with Crippen LogP contribution in [0.2, 0.25) is 0 Å². The van der Waals surface area contributed by atoms with Gasteiger partial charge in [-0.25, -0.2) is 4.98 Å². The predicted octanol–water partition coefficient (Wildman–Crippen LogP) is 4.09. The fraction of sp³-hybridized carbons (Fsp3) is 0.438. The molecule has 1 aromatic heterocycles. The van der Waals surface area contributed by atoms with E-state index in [4.69, 9.17) is 4.74 Å². The first-order valence-corrected chi connectivity index (χ1v) is 6.89.